The van der Waals surface area contributed by atoms with Gasteiger partial charge in [0, 0.05) is 11.9 Å². The molecule has 7 heteroatoms. The Balaban J connectivity index is 2.26. The average molecular weight is 396 g/mol. The highest BCUT2D eigenvalue weighted by atomic mass is 79.9. The van der Waals surface area contributed by atoms with Crippen molar-refractivity contribution in [3.05, 3.63) is 44.3 Å². The van der Waals surface area contributed by atoms with Crippen LogP contribution in [0.15, 0.2) is 27.5 Å². The lowest BCUT2D eigenvalue weighted by Gasteiger charge is -2.12. The van der Waals surface area contributed by atoms with Crippen LogP contribution in [0.2, 0.25) is 0 Å². The molecule has 0 aliphatic carbocycles. The van der Waals surface area contributed by atoms with Crippen molar-refractivity contribution in [1.82, 2.24) is 10.3 Å². The van der Waals surface area contributed by atoms with Crippen molar-refractivity contribution in [3.63, 3.8) is 0 Å². The quantitative estimate of drug-likeness (QED) is 0.779. The molecule has 1 heterocycles. The van der Waals surface area contributed by atoms with Crippen LogP contribution in [-0.4, -0.2) is 23.3 Å². The van der Waals surface area contributed by atoms with Crippen molar-refractivity contribution < 1.29 is 9.59 Å². The molecule has 0 saturated carbocycles. The number of aryl methyl sites for hydroxylation is 1. The fourth-order valence-corrected chi connectivity index (χ4v) is 2.98. The standard InChI is InChI=1S/C16H18BrN3O2S/c1-3-7-18-14(21)11-8-10(4-2)5-6-12(11)19-15(22)13-9-23-16(17)20-13/h5-6,8-9H,3-4,7H2,1-2H3,(H,18,21)(H,19,22). The number of nitrogens with zero attached hydrogens (tertiary/aromatic N) is 1. The molecule has 0 radical (unpaired) electrons. The lowest BCUT2D eigenvalue weighted by molar-refractivity contribution is 0.0954. The van der Waals surface area contributed by atoms with Crippen molar-refractivity contribution in [1.29, 1.82) is 0 Å². The summed E-state index contributed by atoms with van der Waals surface area (Å²) in [6.07, 6.45) is 1.68. The Kier molecular flexibility index (Phi) is 6.29. The maximum atomic E-state index is 12.3. The molecular weight excluding hydrogens is 378 g/mol. The SMILES string of the molecule is CCCNC(=O)c1cc(CC)ccc1NC(=O)c1csc(Br)n1. The van der Waals surface area contributed by atoms with Crippen molar-refractivity contribution in [2.24, 2.45) is 0 Å². The summed E-state index contributed by atoms with van der Waals surface area (Å²) in [5, 5.41) is 7.28. The van der Waals surface area contributed by atoms with Crippen molar-refractivity contribution in [3.8, 4) is 0 Å². The molecule has 5 nitrogen and oxygen atoms in total. The second-order valence-corrected chi connectivity index (χ2v) is 7.06. The van der Waals surface area contributed by atoms with Crippen LogP contribution in [0.1, 0.15) is 46.7 Å². The van der Waals surface area contributed by atoms with Crippen LogP contribution in [0.5, 0.6) is 0 Å². The van der Waals surface area contributed by atoms with Crippen LogP contribution < -0.4 is 10.6 Å². The number of carbonyl (C=O) groups is 2. The predicted molar refractivity (Wildman–Crippen MR) is 96.2 cm³/mol. The van der Waals surface area contributed by atoms with E-state index in [1.54, 1.807) is 11.4 Å². The van der Waals surface area contributed by atoms with Gasteiger partial charge in [-0.1, -0.05) is 19.9 Å². The van der Waals surface area contributed by atoms with Gasteiger partial charge in [0.2, 0.25) is 0 Å². The maximum absolute atomic E-state index is 12.3. The second kappa shape index (κ2) is 8.21. The summed E-state index contributed by atoms with van der Waals surface area (Å²) in [5.41, 5.74) is 2.33. The predicted octanol–water partition coefficient (Wildman–Crippen LogP) is 3.86. The van der Waals surface area contributed by atoms with E-state index in [0.29, 0.717) is 27.4 Å². The smallest absolute Gasteiger partial charge is 0.275 e. The van der Waals surface area contributed by atoms with E-state index < -0.39 is 0 Å². The minimum atomic E-state index is -0.333. The number of aromatic nitrogens is 1. The number of rotatable bonds is 6. The van der Waals surface area contributed by atoms with Gasteiger partial charge in [0.05, 0.1) is 11.3 Å². The number of hydrogen-bond acceptors (Lipinski definition) is 4. The van der Waals surface area contributed by atoms with Crippen LogP contribution in [0.3, 0.4) is 0 Å². The average Bonchev–Trinajstić information content (AvgIpc) is 2.99. The minimum Gasteiger partial charge on any atom is -0.352 e. The monoisotopic (exact) mass is 395 g/mol. The van der Waals surface area contributed by atoms with Gasteiger partial charge in [0.1, 0.15) is 5.69 Å². The van der Waals surface area contributed by atoms with Gasteiger partial charge in [-0.05, 0) is 46.5 Å². The lowest BCUT2D eigenvalue weighted by Crippen LogP contribution is -2.26. The van der Waals surface area contributed by atoms with Crippen molar-refractivity contribution in [2.45, 2.75) is 26.7 Å². The Morgan fingerprint density at radius 2 is 2.04 bits per heavy atom. The number of carbonyl (C=O) groups excluding carboxylic acids is 2. The van der Waals surface area contributed by atoms with E-state index in [2.05, 4.69) is 31.5 Å². The largest absolute Gasteiger partial charge is 0.352 e. The number of halogens is 1. The first-order chi connectivity index (χ1) is 11.0. The first-order valence-electron chi connectivity index (χ1n) is 7.38. The summed E-state index contributed by atoms with van der Waals surface area (Å²) in [4.78, 5) is 28.7. The van der Waals surface area contributed by atoms with Gasteiger partial charge in [-0.25, -0.2) is 4.98 Å². The van der Waals surface area contributed by atoms with Gasteiger partial charge in [0.15, 0.2) is 3.92 Å². The number of thiazole rings is 1. The van der Waals surface area contributed by atoms with Crippen molar-refractivity contribution >= 4 is 44.8 Å². The molecule has 0 fully saturated rings. The number of nitrogens with one attached hydrogen (secondary N) is 2. The van der Waals surface area contributed by atoms with Crippen LogP contribution >= 0.6 is 27.3 Å². The van der Waals surface area contributed by atoms with Gasteiger partial charge in [-0.2, -0.15) is 0 Å². The van der Waals surface area contributed by atoms with Crippen LogP contribution in [-0.2, 0) is 6.42 Å². The number of amides is 2. The molecule has 2 aromatic rings. The first-order valence-corrected chi connectivity index (χ1v) is 9.05. The van der Waals surface area contributed by atoms with Gasteiger partial charge in [-0.15, -0.1) is 11.3 Å². The van der Waals surface area contributed by atoms with Gasteiger partial charge < -0.3 is 10.6 Å². The zero-order valence-corrected chi connectivity index (χ0v) is 15.4. The maximum Gasteiger partial charge on any atom is 0.275 e. The molecular formula is C16H18BrN3O2S. The van der Waals surface area contributed by atoms with E-state index in [1.165, 1.54) is 11.3 Å². The number of anilines is 1. The van der Waals surface area contributed by atoms with E-state index in [-0.39, 0.29) is 11.8 Å². The van der Waals surface area contributed by atoms with Crippen LogP contribution in [0.4, 0.5) is 5.69 Å². The van der Waals surface area contributed by atoms with Crippen molar-refractivity contribution in [2.75, 3.05) is 11.9 Å². The first kappa shape index (κ1) is 17.6. The molecule has 0 unspecified atom stereocenters. The summed E-state index contributed by atoms with van der Waals surface area (Å²) in [6.45, 7) is 4.61. The molecule has 2 rings (SSSR count). The summed E-state index contributed by atoms with van der Waals surface area (Å²) in [6, 6.07) is 5.49. The molecule has 0 spiro atoms. The highest BCUT2D eigenvalue weighted by molar-refractivity contribution is 9.11. The lowest BCUT2D eigenvalue weighted by atomic mass is 10.1. The third-order valence-electron chi connectivity index (χ3n) is 3.23. The molecule has 1 aromatic heterocycles. The topological polar surface area (TPSA) is 71.1 Å². The highest BCUT2D eigenvalue weighted by Gasteiger charge is 2.16. The molecule has 0 atom stereocenters. The molecule has 0 aliphatic rings. The molecule has 0 bridgehead atoms. The Labute approximate surface area is 147 Å². The van der Waals surface area contributed by atoms with E-state index in [4.69, 9.17) is 0 Å². The number of hydrogen-bond donors (Lipinski definition) is 2. The second-order valence-electron chi connectivity index (χ2n) is 4.93. The van der Waals surface area contributed by atoms with E-state index >= 15 is 0 Å². The van der Waals surface area contributed by atoms with Gasteiger partial charge in [-0.3, -0.25) is 9.59 Å². The fraction of sp³-hybridized carbons (Fsp3) is 0.312. The normalized spacial score (nSPS) is 10.4. The van der Waals surface area contributed by atoms with E-state index in [9.17, 15) is 9.59 Å². The number of benzene rings is 1. The zero-order valence-electron chi connectivity index (χ0n) is 13.0. The summed E-state index contributed by atoms with van der Waals surface area (Å²) < 4.78 is 0.643. The Hall–Kier alpha value is -1.73. The molecule has 2 amide bonds. The molecule has 1 aromatic carbocycles. The fourth-order valence-electron chi connectivity index (χ4n) is 1.98. The molecule has 23 heavy (non-hydrogen) atoms. The Morgan fingerprint density at radius 3 is 2.65 bits per heavy atom. The van der Waals surface area contributed by atoms with E-state index in [0.717, 1.165) is 18.4 Å². The van der Waals surface area contributed by atoms with Crippen LogP contribution in [0, 0.1) is 0 Å². The molecule has 2 N–H and O–H groups in total. The van der Waals surface area contributed by atoms with Gasteiger partial charge >= 0.3 is 0 Å². The third kappa shape index (κ3) is 4.62. The van der Waals surface area contributed by atoms with Crippen LogP contribution in [0.25, 0.3) is 0 Å². The molecule has 0 aliphatic heterocycles. The third-order valence-corrected chi connectivity index (χ3v) is 4.59. The Morgan fingerprint density at radius 1 is 1.26 bits per heavy atom. The van der Waals surface area contributed by atoms with E-state index in [1.807, 2.05) is 26.0 Å². The summed E-state index contributed by atoms with van der Waals surface area (Å²) >= 11 is 4.57. The summed E-state index contributed by atoms with van der Waals surface area (Å²) in [5.74, 6) is -0.516. The minimum absolute atomic E-state index is 0.183. The molecule has 0 saturated heterocycles. The summed E-state index contributed by atoms with van der Waals surface area (Å²) in [7, 11) is 0. The molecule has 122 valence electrons. The van der Waals surface area contributed by atoms with Gasteiger partial charge in [0.25, 0.3) is 11.8 Å². The zero-order chi connectivity index (χ0) is 16.8. The Bertz CT molecular complexity index is 715. The highest BCUT2D eigenvalue weighted by Crippen LogP contribution is 2.21.